The molecule has 2 heterocycles. The minimum atomic E-state index is -0.482. The Balaban J connectivity index is 1.55. The van der Waals surface area contributed by atoms with Gasteiger partial charge in [-0.05, 0) is 19.1 Å². The largest absolute Gasteiger partial charge is 0.378 e. The zero-order valence-electron chi connectivity index (χ0n) is 14.4. The van der Waals surface area contributed by atoms with Gasteiger partial charge in [0.05, 0.1) is 13.2 Å². The van der Waals surface area contributed by atoms with E-state index in [1.807, 2.05) is 25.1 Å². The van der Waals surface area contributed by atoms with E-state index < -0.39 is 11.8 Å². The second-order valence-corrected chi connectivity index (χ2v) is 6.36. The van der Waals surface area contributed by atoms with Crippen LogP contribution in [-0.4, -0.2) is 84.9 Å². The Labute approximate surface area is 147 Å². The molecule has 7 nitrogen and oxygen atoms in total. The number of hydrogen-bond acceptors (Lipinski definition) is 4. The quantitative estimate of drug-likeness (QED) is 0.679. The average Bonchev–Trinajstić information content (AvgIpc) is 2.67. The van der Waals surface area contributed by atoms with Crippen molar-refractivity contribution in [2.45, 2.75) is 6.92 Å². The first-order chi connectivity index (χ1) is 12.1. The molecule has 0 aliphatic carbocycles. The maximum atomic E-state index is 12.5. The van der Waals surface area contributed by atoms with Crippen molar-refractivity contribution in [2.24, 2.45) is 0 Å². The molecule has 25 heavy (non-hydrogen) atoms. The number of aryl methyl sites for hydroxylation is 1. The molecular formula is C18H23N3O4. The lowest BCUT2D eigenvalue weighted by molar-refractivity contribution is -0.154. The highest BCUT2D eigenvalue weighted by atomic mass is 16.5. The number of carbonyl (C=O) groups excluding carboxylic acids is 3. The molecule has 2 aliphatic rings. The van der Waals surface area contributed by atoms with Crippen LogP contribution in [0.3, 0.4) is 0 Å². The molecule has 0 atom stereocenters. The summed E-state index contributed by atoms with van der Waals surface area (Å²) in [5.41, 5.74) is 1.69. The fraction of sp³-hybridized carbons (Fsp3) is 0.500. The molecule has 2 saturated heterocycles. The molecule has 0 spiro atoms. The van der Waals surface area contributed by atoms with Gasteiger partial charge in [-0.3, -0.25) is 14.4 Å². The molecule has 1 aromatic rings. The van der Waals surface area contributed by atoms with Gasteiger partial charge < -0.3 is 19.4 Å². The van der Waals surface area contributed by atoms with E-state index in [0.717, 1.165) is 5.56 Å². The van der Waals surface area contributed by atoms with Gasteiger partial charge in [0.15, 0.2) is 0 Å². The summed E-state index contributed by atoms with van der Waals surface area (Å²) in [4.78, 5) is 42.0. The van der Waals surface area contributed by atoms with Crippen LogP contribution in [0.15, 0.2) is 24.3 Å². The lowest BCUT2D eigenvalue weighted by Crippen LogP contribution is -2.55. The van der Waals surface area contributed by atoms with E-state index in [9.17, 15) is 14.4 Å². The van der Waals surface area contributed by atoms with E-state index in [-0.39, 0.29) is 5.91 Å². The number of carbonyl (C=O) groups is 3. The third-order valence-electron chi connectivity index (χ3n) is 4.60. The third-order valence-corrected chi connectivity index (χ3v) is 4.60. The molecule has 7 heteroatoms. The fourth-order valence-corrected chi connectivity index (χ4v) is 3.11. The number of piperazine rings is 1. The average molecular weight is 345 g/mol. The highest BCUT2D eigenvalue weighted by molar-refractivity contribution is 6.34. The van der Waals surface area contributed by atoms with Gasteiger partial charge in [-0.1, -0.05) is 17.7 Å². The molecule has 2 aliphatic heterocycles. The van der Waals surface area contributed by atoms with E-state index in [4.69, 9.17) is 4.74 Å². The first kappa shape index (κ1) is 17.4. The Kier molecular flexibility index (Phi) is 5.33. The number of amides is 3. The maximum Gasteiger partial charge on any atom is 0.312 e. The van der Waals surface area contributed by atoms with Crippen LogP contribution in [0.5, 0.6) is 0 Å². The predicted molar refractivity (Wildman–Crippen MR) is 91.1 cm³/mol. The Morgan fingerprint density at radius 1 is 0.840 bits per heavy atom. The molecule has 134 valence electrons. The van der Waals surface area contributed by atoms with Crippen LogP contribution in [-0.2, 0) is 14.3 Å². The van der Waals surface area contributed by atoms with Gasteiger partial charge in [-0.15, -0.1) is 0 Å². The van der Waals surface area contributed by atoms with E-state index in [2.05, 4.69) is 0 Å². The number of ether oxygens (including phenoxy) is 1. The number of hydrogen-bond donors (Lipinski definition) is 0. The van der Waals surface area contributed by atoms with Crippen LogP contribution < -0.4 is 0 Å². The predicted octanol–water partition coefficient (Wildman–Crippen LogP) is 0.138. The van der Waals surface area contributed by atoms with Crippen molar-refractivity contribution in [1.29, 1.82) is 0 Å². The molecule has 2 fully saturated rings. The fourth-order valence-electron chi connectivity index (χ4n) is 3.11. The van der Waals surface area contributed by atoms with Gasteiger partial charge >= 0.3 is 11.8 Å². The SMILES string of the molecule is Cc1cccc(C(=O)N2CCN(C(=O)C(=O)N3CCOCC3)CC2)c1. The van der Waals surface area contributed by atoms with Crippen molar-refractivity contribution in [1.82, 2.24) is 14.7 Å². The van der Waals surface area contributed by atoms with Gasteiger partial charge in [0.2, 0.25) is 0 Å². The summed E-state index contributed by atoms with van der Waals surface area (Å²) in [5.74, 6) is -0.985. The standard InChI is InChI=1S/C18H23N3O4/c1-14-3-2-4-15(13-14)16(22)19-5-7-20(8-6-19)17(23)18(24)21-9-11-25-12-10-21/h2-4,13H,5-12H2,1H3. The highest BCUT2D eigenvalue weighted by Crippen LogP contribution is 2.11. The first-order valence-corrected chi connectivity index (χ1v) is 8.58. The van der Waals surface area contributed by atoms with Crippen LogP contribution in [0.1, 0.15) is 15.9 Å². The topological polar surface area (TPSA) is 70.2 Å². The van der Waals surface area contributed by atoms with E-state index in [0.29, 0.717) is 58.0 Å². The van der Waals surface area contributed by atoms with Gasteiger partial charge in [-0.25, -0.2) is 0 Å². The summed E-state index contributed by atoms with van der Waals surface area (Å²) < 4.78 is 5.20. The Morgan fingerprint density at radius 3 is 2.00 bits per heavy atom. The molecule has 0 radical (unpaired) electrons. The molecule has 0 bridgehead atoms. The van der Waals surface area contributed by atoms with Crippen LogP contribution in [0.4, 0.5) is 0 Å². The second kappa shape index (κ2) is 7.65. The minimum absolute atomic E-state index is 0.0321. The zero-order chi connectivity index (χ0) is 17.8. The van der Waals surface area contributed by atoms with E-state index in [1.54, 1.807) is 11.0 Å². The maximum absolute atomic E-state index is 12.5. The Bertz CT molecular complexity index is 662. The summed E-state index contributed by atoms with van der Waals surface area (Å²) in [5, 5.41) is 0. The van der Waals surface area contributed by atoms with Crippen molar-refractivity contribution >= 4 is 17.7 Å². The number of nitrogens with zero attached hydrogens (tertiary/aromatic N) is 3. The second-order valence-electron chi connectivity index (χ2n) is 6.36. The van der Waals surface area contributed by atoms with Crippen LogP contribution in [0, 0.1) is 6.92 Å². The molecule has 3 rings (SSSR count). The van der Waals surface area contributed by atoms with Crippen molar-refractivity contribution in [3.63, 3.8) is 0 Å². The van der Waals surface area contributed by atoms with Crippen molar-refractivity contribution < 1.29 is 19.1 Å². The normalized spacial score (nSPS) is 18.2. The molecular weight excluding hydrogens is 322 g/mol. The van der Waals surface area contributed by atoms with Gasteiger partial charge in [0.1, 0.15) is 0 Å². The zero-order valence-corrected chi connectivity index (χ0v) is 14.4. The van der Waals surface area contributed by atoms with E-state index >= 15 is 0 Å². The smallest absolute Gasteiger partial charge is 0.312 e. The first-order valence-electron chi connectivity index (χ1n) is 8.58. The molecule has 0 aromatic heterocycles. The van der Waals surface area contributed by atoms with Crippen molar-refractivity contribution in [2.75, 3.05) is 52.5 Å². The van der Waals surface area contributed by atoms with Crippen molar-refractivity contribution in [3.8, 4) is 0 Å². The molecule has 1 aromatic carbocycles. The molecule has 0 saturated carbocycles. The highest BCUT2D eigenvalue weighted by Gasteiger charge is 2.31. The minimum Gasteiger partial charge on any atom is -0.378 e. The van der Waals surface area contributed by atoms with Gasteiger partial charge in [0, 0.05) is 44.8 Å². The third kappa shape index (κ3) is 3.99. The monoisotopic (exact) mass is 345 g/mol. The van der Waals surface area contributed by atoms with Crippen LogP contribution in [0.2, 0.25) is 0 Å². The van der Waals surface area contributed by atoms with Gasteiger partial charge in [-0.2, -0.15) is 0 Å². The summed E-state index contributed by atoms with van der Waals surface area (Å²) in [7, 11) is 0. The van der Waals surface area contributed by atoms with E-state index in [1.165, 1.54) is 9.80 Å². The number of rotatable bonds is 1. The number of benzene rings is 1. The lowest BCUT2D eigenvalue weighted by Gasteiger charge is -2.36. The Hall–Kier alpha value is -2.41. The summed E-state index contributed by atoms with van der Waals surface area (Å²) >= 11 is 0. The molecule has 0 N–H and O–H groups in total. The van der Waals surface area contributed by atoms with Crippen molar-refractivity contribution in [3.05, 3.63) is 35.4 Å². The van der Waals surface area contributed by atoms with Crippen LogP contribution in [0.25, 0.3) is 0 Å². The molecule has 0 unspecified atom stereocenters. The Morgan fingerprint density at radius 2 is 1.40 bits per heavy atom. The van der Waals surface area contributed by atoms with Gasteiger partial charge in [0.25, 0.3) is 5.91 Å². The number of morpholine rings is 1. The molecule has 3 amide bonds. The lowest BCUT2D eigenvalue weighted by atomic mass is 10.1. The summed E-state index contributed by atoms with van der Waals surface area (Å²) in [6.45, 7) is 5.44. The summed E-state index contributed by atoms with van der Waals surface area (Å²) in [6.07, 6.45) is 0. The van der Waals surface area contributed by atoms with Crippen LogP contribution >= 0.6 is 0 Å². The summed E-state index contributed by atoms with van der Waals surface area (Å²) in [6, 6.07) is 7.48.